The van der Waals surface area contributed by atoms with E-state index in [0.717, 1.165) is 27.9 Å². The standard InChI is InChI=1S/C20H19BrN2O2S/c1-4-17-18(13-9-11-14(25-3)12-10-13)23(2)20(26-17)22-19(24)15-7-5-6-8-16(15)21/h5-12H,4H2,1-3H3. The van der Waals surface area contributed by atoms with Crippen molar-refractivity contribution in [1.82, 2.24) is 4.57 Å². The first kappa shape index (κ1) is 18.6. The Kier molecular flexibility index (Phi) is 5.74. The van der Waals surface area contributed by atoms with Gasteiger partial charge in [0.2, 0.25) is 0 Å². The Morgan fingerprint density at radius 1 is 1.19 bits per heavy atom. The SMILES string of the molecule is CCc1sc(=NC(=O)c2ccccc2Br)n(C)c1-c1ccc(OC)cc1. The highest BCUT2D eigenvalue weighted by atomic mass is 79.9. The summed E-state index contributed by atoms with van der Waals surface area (Å²) in [7, 11) is 3.60. The Morgan fingerprint density at radius 3 is 2.50 bits per heavy atom. The van der Waals surface area contributed by atoms with Crippen LogP contribution in [-0.2, 0) is 13.5 Å². The molecule has 3 aromatic rings. The topological polar surface area (TPSA) is 43.6 Å². The highest BCUT2D eigenvalue weighted by Crippen LogP contribution is 2.27. The van der Waals surface area contributed by atoms with Gasteiger partial charge in [0.1, 0.15) is 5.75 Å². The maximum absolute atomic E-state index is 12.6. The highest BCUT2D eigenvalue weighted by molar-refractivity contribution is 9.10. The van der Waals surface area contributed by atoms with Crippen LogP contribution in [0.1, 0.15) is 22.2 Å². The zero-order valence-corrected chi connectivity index (χ0v) is 17.2. The number of halogens is 1. The minimum Gasteiger partial charge on any atom is -0.497 e. The molecular weight excluding hydrogens is 412 g/mol. The van der Waals surface area contributed by atoms with E-state index in [1.807, 2.05) is 54.1 Å². The molecule has 0 aliphatic heterocycles. The number of methoxy groups -OCH3 is 1. The molecule has 0 unspecified atom stereocenters. The van der Waals surface area contributed by atoms with Gasteiger partial charge < -0.3 is 9.30 Å². The van der Waals surface area contributed by atoms with E-state index in [2.05, 4.69) is 27.8 Å². The normalized spacial score (nSPS) is 11.6. The molecule has 134 valence electrons. The lowest BCUT2D eigenvalue weighted by Crippen LogP contribution is -2.14. The molecule has 0 bridgehead atoms. The lowest BCUT2D eigenvalue weighted by Gasteiger charge is -2.07. The zero-order chi connectivity index (χ0) is 18.7. The van der Waals surface area contributed by atoms with E-state index in [-0.39, 0.29) is 5.91 Å². The monoisotopic (exact) mass is 430 g/mol. The van der Waals surface area contributed by atoms with Gasteiger partial charge in [0.05, 0.1) is 18.4 Å². The minimum atomic E-state index is -0.252. The van der Waals surface area contributed by atoms with Gasteiger partial charge in [-0.2, -0.15) is 4.99 Å². The number of aryl methyl sites for hydroxylation is 1. The van der Waals surface area contributed by atoms with E-state index in [4.69, 9.17) is 4.74 Å². The van der Waals surface area contributed by atoms with Gasteiger partial charge in [-0.25, -0.2) is 0 Å². The number of hydrogen-bond acceptors (Lipinski definition) is 3. The lowest BCUT2D eigenvalue weighted by atomic mass is 10.1. The van der Waals surface area contributed by atoms with Crippen LogP contribution in [0.4, 0.5) is 0 Å². The van der Waals surface area contributed by atoms with Gasteiger partial charge in [-0.15, -0.1) is 11.3 Å². The Morgan fingerprint density at radius 2 is 1.88 bits per heavy atom. The van der Waals surface area contributed by atoms with Crippen molar-refractivity contribution in [2.24, 2.45) is 12.0 Å². The molecule has 1 heterocycles. The van der Waals surface area contributed by atoms with Gasteiger partial charge in [-0.05, 0) is 64.3 Å². The van der Waals surface area contributed by atoms with Gasteiger partial charge in [-0.3, -0.25) is 4.79 Å². The fraction of sp³-hybridized carbons (Fsp3) is 0.200. The second-order valence-corrected chi connectivity index (χ2v) is 7.61. The number of nitrogens with zero attached hydrogens (tertiary/aromatic N) is 2. The number of aromatic nitrogens is 1. The van der Waals surface area contributed by atoms with Crippen LogP contribution in [-0.4, -0.2) is 17.6 Å². The number of ether oxygens (including phenoxy) is 1. The van der Waals surface area contributed by atoms with E-state index in [9.17, 15) is 4.79 Å². The van der Waals surface area contributed by atoms with Crippen molar-refractivity contribution >= 4 is 33.2 Å². The second-order valence-electron chi connectivity index (χ2n) is 5.69. The number of thiazole rings is 1. The van der Waals surface area contributed by atoms with E-state index in [1.165, 1.54) is 4.88 Å². The van der Waals surface area contributed by atoms with E-state index < -0.39 is 0 Å². The molecule has 1 aromatic heterocycles. The number of carbonyl (C=O) groups is 1. The highest BCUT2D eigenvalue weighted by Gasteiger charge is 2.14. The first-order valence-electron chi connectivity index (χ1n) is 8.21. The first-order chi connectivity index (χ1) is 12.5. The third kappa shape index (κ3) is 3.66. The van der Waals surface area contributed by atoms with Crippen molar-refractivity contribution in [2.75, 3.05) is 7.11 Å². The summed E-state index contributed by atoms with van der Waals surface area (Å²) in [5.74, 6) is 0.567. The Hall–Kier alpha value is -2.18. The molecule has 0 saturated carbocycles. The fourth-order valence-corrected chi connectivity index (χ4v) is 4.26. The smallest absolute Gasteiger partial charge is 0.280 e. The molecular formula is C20H19BrN2O2S. The number of amides is 1. The average molecular weight is 431 g/mol. The van der Waals surface area contributed by atoms with Crippen LogP contribution < -0.4 is 9.54 Å². The maximum Gasteiger partial charge on any atom is 0.280 e. The van der Waals surface area contributed by atoms with E-state index in [1.54, 1.807) is 24.5 Å². The number of benzene rings is 2. The Balaban J connectivity index is 2.08. The van der Waals surface area contributed by atoms with E-state index >= 15 is 0 Å². The van der Waals surface area contributed by atoms with Crippen LogP contribution in [0.5, 0.6) is 5.75 Å². The Labute approximate surface area is 164 Å². The molecule has 4 nitrogen and oxygen atoms in total. The van der Waals surface area contributed by atoms with Crippen LogP contribution in [0.3, 0.4) is 0 Å². The predicted molar refractivity (Wildman–Crippen MR) is 109 cm³/mol. The van der Waals surface area contributed by atoms with Crippen molar-refractivity contribution in [3.63, 3.8) is 0 Å². The van der Waals surface area contributed by atoms with Gasteiger partial charge >= 0.3 is 0 Å². The average Bonchev–Trinajstić information content (AvgIpc) is 2.97. The summed E-state index contributed by atoms with van der Waals surface area (Å²) >= 11 is 4.96. The maximum atomic E-state index is 12.6. The van der Waals surface area contributed by atoms with Crippen LogP contribution >= 0.6 is 27.3 Å². The van der Waals surface area contributed by atoms with Crippen LogP contribution in [0.25, 0.3) is 11.3 Å². The van der Waals surface area contributed by atoms with Crippen LogP contribution in [0, 0.1) is 0 Å². The quantitative estimate of drug-likeness (QED) is 0.594. The minimum absolute atomic E-state index is 0.252. The molecule has 2 aromatic carbocycles. The van der Waals surface area contributed by atoms with Crippen molar-refractivity contribution < 1.29 is 9.53 Å². The molecule has 0 aliphatic rings. The molecule has 6 heteroatoms. The third-order valence-electron chi connectivity index (χ3n) is 4.09. The van der Waals surface area contributed by atoms with Gasteiger partial charge in [-0.1, -0.05) is 19.1 Å². The Bertz CT molecular complexity index is 1000. The molecule has 0 N–H and O–H groups in total. The predicted octanol–water partition coefficient (Wildman–Crippen LogP) is 4.83. The molecule has 0 spiro atoms. The second kappa shape index (κ2) is 8.01. The number of rotatable bonds is 4. The first-order valence-corrected chi connectivity index (χ1v) is 9.82. The van der Waals surface area contributed by atoms with Crippen LogP contribution in [0.2, 0.25) is 0 Å². The molecule has 0 fully saturated rings. The zero-order valence-electron chi connectivity index (χ0n) is 14.8. The molecule has 0 atom stereocenters. The number of carbonyl (C=O) groups excluding carboxylic acids is 1. The molecule has 26 heavy (non-hydrogen) atoms. The van der Waals surface area contributed by atoms with Crippen molar-refractivity contribution in [1.29, 1.82) is 0 Å². The van der Waals surface area contributed by atoms with Gasteiger partial charge in [0, 0.05) is 16.4 Å². The fourth-order valence-electron chi connectivity index (χ4n) is 2.73. The molecule has 0 radical (unpaired) electrons. The van der Waals surface area contributed by atoms with Gasteiger partial charge in [0.15, 0.2) is 4.80 Å². The number of hydrogen-bond donors (Lipinski definition) is 0. The molecule has 1 amide bonds. The van der Waals surface area contributed by atoms with Gasteiger partial charge in [0.25, 0.3) is 5.91 Å². The summed E-state index contributed by atoms with van der Waals surface area (Å²) in [5, 5.41) is 0. The largest absolute Gasteiger partial charge is 0.497 e. The third-order valence-corrected chi connectivity index (χ3v) is 6.05. The summed E-state index contributed by atoms with van der Waals surface area (Å²) in [6.07, 6.45) is 0.874. The van der Waals surface area contributed by atoms with Crippen LogP contribution in [0.15, 0.2) is 58.0 Å². The van der Waals surface area contributed by atoms with Crippen molar-refractivity contribution in [3.05, 3.63) is 68.2 Å². The summed E-state index contributed by atoms with van der Waals surface area (Å²) in [6, 6.07) is 15.3. The summed E-state index contributed by atoms with van der Waals surface area (Å²) in [5.41, 5.74) is 2.72. The molecule has 3 rings (SSSR count). The van der Waals surface area contributed by atoms with Crippen molar-refractivity contribution in [3.8, 4) is 17.0 Å². The molecule has 0 aliphatic carbocycles. The van der Waals surface area contributed by atoms with E-state index in [0.29, 0.717) is 10.4 Å². The van der Waals surface area contributed by atoms with Crippen molar-refractivity contribution in [2.45, 2.75) is 13.3 Å². The summed E-state index contributed by atoms with van der Waals surface area (Å²) in [4.78, 5) is 18.8. The summed E-state index contributed by atoms with van der Waals surface area (Å²) < 4.78 is 7.97. The lowest BCUT2D eigenvalue weighted by molar-refractivity contribution is 0.0997. The summed E-state index contributed by atoms with van der Waals surface area (Å²) in [6.45, 7) is 2.11. The molecule has 0 saturated heterocycles.